The second-order valence-electron chi connectivity index (χ2n) is 5.75. The Kier molecular flexibility index (Phi) is 8.06. The summed E-state index contributed by atoms with van der Waals surface area (Å²) in [6, 6.07) is 6.81. The average Bonchev–Trinajstić information content (AvgIpc) is 2.93. The van der Waals surface area contributed by atoms with E-state index >= 15 is 0 Å². The fourth-order valence-corrected chi connectivity index (χ4v) is 3.14. The van der Waals surface area contributed by atoms with Crippen LogP contribution in [0.15, 0.2) is 29.2 Å². The summed E-state index contributed by atoms with van der Waals surface area (Å²) in [5.41, 5.74) is 0.535. The number of carbonyl (C=O) groups is 4. The second-order valence-corrected chi connectivity index (χ2v) is 6.74. The predicted molar refractivity (Wildman–Crippen MR) is 105 cm³/mol. The number of hydrogen-bond donors (Lipinski definition) is 1. The maximum absolute atomic E-state index is 12.5. The van der Waals surface area contributed by atoms with Gasteiger partial charge in [-0.15, -0.1) is 0 Å². The lowest BCUT2D eigenvalue weighted by Crippen LogP contribution is -2.39. The van der Waals surface area contributed by atoms with Crippen LogP contribution in [-0.4, -0.2) is 54.2 Å². The summed E-state index contributed by atoms with van der Waals surface area (Å²) in [5.74, 6) is -1.05. The number of hydrogen-bond acceptors (Lipinski definition) is 7. The summed E-state index contributed by atoms with van der Waals surface area (Å²) in [6.07, 6.45) is 2.27. The highest BCUT2D eigenvalue weighted by molar-refractivity contribution is 8.18. The molecule has 3 amide bonds. The topological polar surface area (TPSA) is 102 Å². The molecule has 1 aromatic carbocycles. The van der Waals surface area contributed by atoms with Crippen molar-refractivity contribution in [1.82, 2.24) is 10.2 Å². The number of benzene rings is 1. The van der Waals surface area contributed by atoms with E-state index in [0.717, 1.165) is 23.1 Å². The van der Waals surface area contributed by atoms with Crippen LogP contribution in [-0.2, 0) is 19.1 Å². The number of esters is 1. The van der Waals surface area contributed by atoms with Gasteiger partial charge in [-0.05, 0) is 37.2 Å². The quantitative estimate of drug-likeness (QED) is 0.495. The van der Waals surface area contributed by atoms with Crippen LogP contribution in [0.1, 0.15) is 25.8 Å². The molecule has 1 aliphatic rings. The molecule has 8 nitrogen and oxygen atoms in total. The van der Waals surface area contributed by atoms with Gasteiger partial charge in [-0.1, -0.05) is 25.1 Å². The van der Waals surface area contributed by atoms with E-state index in [0.29, 0.717) is 17.9 Å². The third-order valence-electron chi connectivity index (χ3n) is 3.60. The fourth-order valence-electron chi connectivity index (χ4n) is 2.31. The van der Waals surface area contributed by atoms with Gasteiger partial charge in [0.25, 0.3) is 11.1 Å². The summed E-state index contributed by atoms with van der Waals surface area (Å²) in [4.78, 5) is 49.0. The van der Waals surface area contributed by atoms with Gasteiger partial charge < -0.3 is 14.8 Å². The van der Waals surface area contributed by atoms with Gasteiger partial charge in [0, 0.05) is 12.1 Å². The molecule has 0 spiro atoms. The molecule has 1 saturated heterocycles. The number of amides is 3. The smallest absolute Gasteiger partial charge is 0.344 e. The molecule has 0 saturated carbocycles. The molecule has 150 valence electrons. The minimum Gasteiger partial charge on any atom is -0.481 e. The zero-order chi connectivity index (χ0) is 20.5. The first kappa shape index (κ1) is 21.5. The lowest BCUT2D eigenvalue weighted by Gasteiger charge is -2.12. The Labute approximate surface area is 167 Å². The highest BCUT2D eigenvalue weighted by Crippen LogP contribution is 2.33. The number of carbonyl (C=O) groups excluding carboxylic acids is 4. The van der Waals surface area contributed by atoms with Crippen LogP contribution >= 0.6 is 11.8 Å². The van der Waals surface area contributed by atoms with Gasteiger partial charge in [0.15, 0.2) is 6.61 Å². The number of rotatable bonds is 9. The van der Waals surface area contributed by atoms with E-state index in [1.54, 1.807) is 31.2 Å². The highest BCUT2D eigenvalue weighted by atomic mass is 32.2. The molecule has 28 heavy (non-hydrogen) atoms. The number of nitrogens with one attached hydrogen (secondary N) is 1. The maximum Gasteiger partial charge on any atom is 0.344 e. The Balaban J connectivity index is 2.11. The normalized spacial score (nSPS) is 15.1. The van der Waals surface area contributed by atoms with Crippen LogP contribution in [0.5, 0.6) is 5.75 Å². The fraction of sp³-hybridized carbons (Fsp3) is 0.368. The standard InChI is InChI=1S/C19H22N2O6S/c1-3-9-20-16(22)11-21-18(24)15(28-19(21)25)10-13-7-5-6-8-14(13)27-12-17(23)26-4-2/h5-8,10H,3-4,9,11-12H2,1-2H3,(H,20,22)/b15-10-. The van der Waals surface area contributed by atoms with Crippen molar-refractivity contribution < 1.29 is 28.7 Å². The maximum atomic E-state index is 12.5. The van der Waals surface area contributed by atoms with Gasteiger partial charge in [-0.25, -0.2) is 4.79 Å². The number of thioether (sulfide) groups is 1. The first-order valence-electron chi connectivity index (χ1n) is 8.85. The van der Waals surface area contributed by atoms with Crippen molar-refractivity contribution in [3.8, 4) is 5.75 Å². The average molecular weight is 406 g/mol. The van der Waals surface area contributed by atoms with Gasteiger partial charge in [0.2, 0.25) is 5.91 Å². The Morgan fingerprint density at radius 2 is 1.96 bits per heavy atom. The van der Waals surface area contributed by atoms with Crippen molar-refractivity contribution in [3.63, 3.8) is 0 Å². The Hall–Kier alpha value is -2.81. The Morgan fingerprint density at radius 1 is 1.21 bits per heavy atom. The van der Waals surface area contributed by atoms with Gasteiger partial charge in [-0.3, -0.25) is 19.3 Å². The van der Waals surface area contributed by atoms with Gasteiger partial charge in [0.05, 0.1) is 11.5 Å². The van der Waals surface area contributed by atoms with Crippen LogP contribution in [0.3, 0.4) is 0 Å². The molecule has 0 unspecified atom stereocenters. The summed E-state index contributed by atoms with van der Waals surface area (Å²) in [6.45, 7) is 3.76. The summed E-state index contributed by atoms with van der Waals surface area (Å²) < 4.78 is 10.3. The highest BCUT2D eigenvalue weighted by Gasteiger charge is 2.36. The van der Waals surface area contributed by atoms with Crippen molar-refractivity contribution in [1.29, 1.82) is 0 Å². The largest absolute Gasteiger partial charge is 0.481 e. The van der Waals surface area contributed by atoms with E-state index in [9.17, 15) is 19.2 Å². The predicted octanol–water partition coefficient (Wildman–Crippen LogP) is 2.19. The molecule has 2 rings (SSSR count). The Morgan fingerprint density at radius 3 is 2.68 bits per heavy atom. The molecule has 1 heterocycles. The van der Waals surface area contributed by atoms with Crippen LogP contribution in [0, 0.1) is 0 Å². The zero-order valence-electron chi connectivity index (χ0n) is 15.7. The molecule has 1 aliphatic heterocycles. The first-order valence-corrected chi connectivity index (χ1v) is 9.67. The third kappa shape index (κ3) is 5.85. The lowest BCUT2D eigenvalue weighted by molar-refractivity contribution is -0.145. The molecule has 1 N–H and O–H groups in total. The van der Waals surface area contributed by atoms with Crippen LogP contribution in [0.25, 0.3) is 6.08 Å². The Bertz CT molecular complexity index is 792. The van der Waals surface area contributed by atoms with Crippen molar-refractivity contribution in [2.75, 3.05) is 26.3 Å². The van der Waals surface area contributed by atoms with Gasteiger partial charge in [0.1, 0.15) is 12.3 Å². The number of nitrogens with zero attached hydrogens (tertiary/aromatic N) is 1. The first-order chi connectivity index (χ1) is 13.5. The van der Waals surface area contributed by atoms with E-state index < -0.39 is 17.1 Å². The van der Waals surface area contributed by atoms with Gasteiger partial charge >= 0.3 is 5.97 Å². The number of ether oxygens (including phenoxy) is 2. The zero-order valence-corrected chi connectivity index (χ0v) is 16.5. The third-order valence-corrected chi connectivity index (χ3v) is 4.51. The molecular weight excluding hydrogens is 384 g/mol. The van der Waals surface area contributed by atoms with E-state index in [1.807, 2.05) is 6.92 Å². The van der Waals surface area contributed by atoms with E-state index in [4.69, 9.17) is 9.47 Å². The SMILES string of the molecule is CCCNC(=O)CN1C(=O)S/C(=C\c2ccccc2OCC(=O)OCC)C1=O. The minimum atomic E-state index is -0.540. The number of para-hydroxylation sites is 1. The van der Waals surface area contributed by atoms with E-state index in [-0.39, 0.29) is 30.6 Å². The molecule has 0 bridgehead atoms. The number of imide groups is 1. The van der Waals surface area contributed by atoms with Crippen molar-refractivity contribution >= 4 is 40.9 Å². The molecule has 9 heteroatoms. The van der Waals surface area contributed by atoms with Crippen LogP contribution in [0.4, 0.5) is 4.79 Å². The molecule has 0 aromatic heterocycles. The summed E-state index contributed by atoms with van der Waals surface area (Å²) >= 11 is 0.755. The van der Waals surface area contributed by atoms with Crippen LogP contribution in [0.2, 0.25) is 0 Å². The molecule has 0 aliphatic carbocycles. The summed E-state index contributed by atoms with van der Waals surface area (Å²) in [5, 5.41) is 2.13. The minimum absolute atomic E-state index is 0.181. The second kappa shape index (κ2) is 10.5. The van der Waals surface area contributed by atoms with Crippen molar-refractivity contribution in [3.05, 3.63) is 34.7 Å². The van der Waals surface area contributed by atoms with Crippen molar-refractivity contribution in [2.24, 2.45) is 0 Å². The van der Waals surface area contributed by atoms with Crippen molar-refractivity contribution in [2.45, 2.75) is 20.3 Å². The van der Waals surface area contributed by atoms with E-state index in [1.165, 1.54) is 6.08 Å². The summed E-state index contributed by atoms with van der Waals surface area (Å²) in [7, 11) is 0. The van der Waals surface area contributed by atoms with E-state index in [2.05, 4.69) is 5.32 Å². The molecule has 1 fully saturated rings. The molecular formula is C19H22N2O6S. The molecule has 0 radical (unpaired) electrons. The molecule has 1 aromatic rings. The molecule has 0 atom stereocenters. The van der Waals surface area contributed by atoms with Gasteiger partial charge in [-0.2, -0.15) is 0 Å². The monoisotopic (exact) mass is 406 g/mol. The lowest BCUT2D eigenvalue weighted by atomic mass is 10.2. The van der Waals surface area contributed by atoms with Crippen LogP contribution < -0.4 is 10.1 Å².